The summed E-state index contributed by atoms with van der Waals surface area (Å²) < 4.78 is 16.5. The van der Waals surface area contributed by atoms with Crippen molar-refractivity contribution in [3.05, 3.63) is 41.5 Å². The minimum Gasteiger partial charge on any atom is -0.496 e. The third kappa shape index (κ3) is 5.26. The molecule has 8 nitrogen and oxygen atoms in total. The number of hydrogen-bond acceptors (Lipinski definition) is 7. The number of carbonyl (C=O) groups is 1. The number of amides is 1. The van der Waals surface area contributed by atoms with Crippen molar-refractivity contribution in [1.82, 2.24) is 20.4 Å². The van der Waals surface area contributed by atoms with Gasteiger partial charge in [-0.1, -0.05) is 23.4 Å². The molecule has 1 aliphatic carbocycles. The third-order valence-corrected chi connectivity index (χ3v) is 4.70. The SMILES string of the molecule is COc1ccccc1[C@H](NC(=O)OC(C)(C)C)c1noc([C@@H](C2CC2)N(C)C)n1. The Balaban J connectivity index is 1.94. The number of methoxy groups -OCH3 is 1. The second kappa shape index (κ2) is 8.41. The lowest BCUT2D eigenvalue weighted by Crippen LogP contribution is -2.36. The van der Waals surface area contributed by atoms with Gasteiger partial charge in [-0.2, -0.15) is 4.98 Å². The molecule has 1 saturated carbocycles. The fourth-order valence-electron chi connectivity index (χ4n) is 3.35. The molecule has 1 aliphatic rings. The van der Waals surface area contributed by atoms with Gasteiger partial charge in [0.25, 0.3) is 0 Å². The van der Waals surface area contributed by atoms with Gasteiger partial charge in [-0.15, -0.1) is 0 Å². The maximum absolute atomic E-state index is 12.5. The van der Waals surface area contributed by atoms with Crippen molar-refractivity contribution < 1.29 is 18.8 Å². The molecule has 0 spiro atoms. The molecule has 2 atom stereocenters. The Kier molecular flexibility index (Phi) is 6.12. The van der Waals surface area contributed by atoms with Gasteiger partial charge in [0.05, 0.1) is 13.2 Å². The first-order chi connectivity index (χ1) is 13.7. The lowest BCUT2D eigenvalue weighted by Gasteiger charge is -2.23. The molecule has 0 unspecified atom stereocenters. The van der Waals surface area contributed by atoms with Gasteiger partial charge in [0.1, 0.15) is 17.4 Å². The van der Waals surface area contributed by atoms with Gasteiger partial charge >= 0.3 is 6.09 Å². The van der Waals surface area contributed by atoms with E-state index in [2.05, 4.69) is 20.4 Å². The summed E-state index contributed by atoms with van der Waals surface area (Å²) in [6.07, 6.45) is 1.73. The molecule has 158 valence electrons. The summed E-state index contributed by atoms with van der Waals surface area (Å²) >= 11 is 0. The van der Waals surface area contributed by atoms with Crippen LogP contribution in [-0.4, -0.2) is 47.9 Å². The molecule has 3 rings (SSSR count). The summed E-state index contributed by atoms with van der Waals surface area (Å²) in [4.78, 5) is 19.3. The Morgan fingerprint density at radius 2 is 1.97 bits per heavy atom. The summed E-state index contributed by atoms with van der Waals surface area (Å²) in [5.41, 5.74) is 0.0980. The second-order valence-electron chi connectivity index (χ2n) is 8.56. The van der Waals surface area contributed by atoms with E-state index in [1.807, 2.05) is 59.1 Å². The summed E-state index contributed by atoms with van der Waals surface area (Å²) in [6.45, 7) is 5.44. The Labute approximate surface area is 171 Å². The van der Waals surface area contributed by atoms with E-state index in [-0.39, 0.29) is 6.04 Å². The molecule has 8 heteroatoms. The quantitative estimate of drug-likeness (QED) is 0.755. The van der Waals surface area contributed by atoms with Crippen LogP contribution in [0.25, 0.3) is 0 Å². The molecule has 0 aliphatic heterocycles. The van der Waals surface area contributed by atoms with Crippen molar-refractivity contribution in [2.24, 2.45) is 5.92 Å². The number of rotatable bonds is 7. The van der Waals surface area contributed by atoms with E-state index in [0.29, 0.717) is 23.4 Å². The highest BCUT2D eigenvalue weighted by atomic mass is 16.6. The van der Waals surface area contributed by atoms with E-state index in [0.717, 1.165) is 18.4 Å². The fourth-order valence-corrected chi connectivity index (χ4v) is 3.35. The Bertz CT molecular complexity index is 837. The molecule has 1 amide bonds. The van der Waals surface area contributed by atoms with E-state index >= 15 is 0 Å². The summed E-state index contributed by atoms with van der Waals surface area (Å²) in [5.74, 6) is 2.05. The number of ether oxygens (including phenoxy) is 2. The lowest BCUT2D eigenvalue weighted by atomic mass is 10.0. The highest BCUT2D eigenvalue weighted by Gasteiger charge is 2.38. The lowest BCUT2D eigenvalue weighted by molar-refractivity contribution is 0.0509. The molecule has 1 heterocycles. The highest BCUT2D eigenvalue weighted by Crippen LogP contribution is 2.43. The van der Waals surface area contributed by atoms with Crippen molar-refractivity contribution in [3.63, 3.8) is 0 Å². The van der Waals surface area contributed by atoms with Crippen LogP contribution in [0.1, 0.15) is 63.0 Å². The van der Waals surface area contributed by atoms with Crippen LogP contribution in [0.2, 0.25) is 0 Å². The summed E-state index contributed by atoms with van der Waals surface area (Å²) in [7, 11) is 5.59. The molecule has 29 heavy (non-hydrogen) atoms. The molecular weight excluding hydrogens is 372 g/mol. The standard InChI is InChI=1S/C21H30N4O4/c1-21(2,3)28-20(26)22-16(14-9-7-8-10-15(14)27-6)18-23-19(29-24-18)17(25(4)5)13-11-12-13/h7-10,13,16-17H,11-12H2,1-6H3,(H,22,26)/t16-,17+/m0/s1. The van der Waals surface area contributed by atoms with Gasteiger partial charge in [-0.05, 0) is 59.7 Å². The van der Waals surface area contributed by atoms with Crippen LogP contribution in [0, 0.1) is 5.92 Å². The number of alkyl carbamates (subject to hydrolysis) is 1. The van der Waals surface area contributed by atoms with Crippen molar-refractivity contribution >= 4 is 6.09 Å². The average Bonchev–Trinajstić information content (AvgIpc) is 3.34. The molecule has 0 radical (unpaired) electrons. The van der Waals surface area contributed by atoms with Crippen LogP contribution < -0.4 is 10.1 Å². The van der Waals surface area contributed by atoms with E-state index in [1.165, 1.54) is 0 Å². The molecule has 1 aromatic carbocycles. The highest BCUT2D eigenvalue weighted by molar-refractivity contribution is 5.69. The van der Waals surface area contributed by atoms with E-state index in [1.54, 1.807) is 7.11 Å². The molecule has 0 bridgehead atoms. The molecule has 2 aromatic rings. The zero-order valence-electron chi connectivity index (χ0n) is 17.9. The maximum Gasteiger partial charge on any atom is 0.408 e. The smallest absolute Gasteiger partial charge is 0.408 e. The van der Waals surface area contributed by atoms with Crippen LogP contribution in [0.4, 0.5) is 4.79 Å². The zero-order chi connectivity index (χ0) is 21.2. The van der Waals surface area contributed by atoms with Crippen LogP contribution in [0.15, 0.2) is 28.8 Å². The summed E-state index contributed by atoms with van der Waals surface area (Å²) in [6, 6.07) is 6.82. The third-order valence-electron chi connectivity index (χ3n) is 4.70. The second-order valence-corrected chi connectivity index (χ2v) is 8.56. The number of benzene rings is 1. The largest absolute Gasteiger partial charge is 0.496 e. The number of nitrogens with one attached hydrogen (secondary N) is 1. The monoisotopic (exact) mass is 402 g/mol. The van der Waals surface area contributed by atoms with Gasteiger partial charge < -0.3 is 19.3 Å². The Morgan fingerprint density at radius 3 is 2.55 bits per heavy atom. The molecule has 1 aromatic heterocycles. The van der Waals surface area contributed by atoms with Crippen molar-refractivity contribution in [3.8, 4) is 5.75 Å². The topological polar surface area (TPSA) is 89.7 Å². The number of hydrogen-bond donors (Lipinski definition) is 1. The number of nitrogens with zero attached hydrogens (tertiary/aromatic N) is 3. The van der Waals surface area contributed by atoms with Crippen LogP contribution in [0.5, 0.6) is 5.75 Å². The van der Waals surface area contributed by atoms with E-state index in [4.69, 9.17) is 14.0 Å². The van der Waals surface area contributed by atoms with Gasteiger partial charge in [0.2, 0.25) is 5.89 Å². The first-order valence-electron chi connectivity index (χ1n) is 9.82. The van der Waals surface area contributed by atoms with Gasteiger partial charge in [0.15, 0.2) is 5.82 Å². The van der Waals surface area contributed by atoms with Gasteiger partial charge in [-0.25, -0.2) is 4.79 Å². The van der Waals surface area contributed by atoms with Crippen molar-refractivity contribution in [2.45, 2.75) is 51.3 Å². The van der Waals surface area contributed by atoms with Crippen LogP contribution in [-0.2, 0) is 4.74 Å². The minimum absolute atomic E-state index is 0.0658. The number of carbonyl (C=O) groups excluding carboxylic acids is 1. The van der Waals surface area contributed by atoms with Crippen LogP contribution >= 0.6 is 0 Å². The zero-order valence-corrected chi connectivity index (χ0v) is 17.9. The van der Waals surface area contributed by atoms with Gasteiger partial charge in [-0.3, -0.25) is 4.90 Å². The fraction of sp³-hybridized carbons (Fsp3) is 0.571. The average molecular weight is 402 g/mol. The normalized spacial score (nSPS) is 16.4. The van der Waals surface area contributed by atoms with E-state index < -0.39 is 17.7 Å². The van der Waals surface area contributed by atoms with Gasteiger partial charge in [0, 0.05) is 5.56 Å². The van der Waals surface area contributed by atoms with Crippen molar-refractivity contribution in [2.75, 3.05) is 21.2 Å². The first kappa shape index (κ1) is 21.1. The molecule has 0 saturated heterocycles. The maximum atomic E-state index is 12.5. The Hall–Kier alpha value is -2.61. The molecule has 1 fully saturated rings. The van der Waals surface area contributed by atoms with Crippen molar-refractivity contribution in [1.29, 1.82) is 0 Å². The number of para-hydroxylation sites is 1. The number of aromatic nitrogens is 2. The minimum atomic E-state index is -0.666. The predicted octanol–water partition coefficient (Wildman–Crippen LogP) is 3.71. The van der Waals surface area contributed by atoms with Crippen LogP contribution in [0.3, 0.4) is 0 Å². The molecule has 1 N–H and O–H groups in total. The first-order valence-corrected chi connectivity index (χ1v) is 9.82. The predicted molar refractivity (Wildman–Crippen MR) is 108 cm³/mol. The summed E-state index contributed by atoms with van der Waals surface area (Å²) in [5, 5.41) is 7.06. The van der Waals surface area contributed by atoms with E-state index in [9.17, 15) is 4.79 Å². The molecular formula is C21H30N4O4. The Morgan fingerprint density at radius 1 is 1.28 bits per heavy atom.